The van der Waals surface area contributed by atoms with Crippen molar-refractivity contribution in [3.8, 4) is 6.07 Å². The van der Waals surface area contributed by atoms with Gasteiger partial charge in [0.2, 0.25) is 0 Å². The van der Waals surface area contributed by atoms with E-state index >= 15 is 0 Å². The average Bonchev–Trinajstić information content (AvgIpc) is 2.45. The summed E-state index contributed by atoms with van der Waals surface area (Å²) in [5, 5.41) is 21.6. The lowest BCUT2D eigenvalue weighted by Crippen LogP contribution is -2.15. The molecule has 0 spiro atoms. The number of benzene rings is 1. The minimum Gasteiger partial charge on any atom is -0.394 e. The zero-order chi connectivity index (χ0) is 13.7. The van der Waals surface area contributed by atoms with Gasteiger partial charge in [-0.2, -0.15) is 5.26 Å². The van der Waals surface area contributed by atoms with Crippen molar-refractivity contribution in [1.29, 1.82) is 5.26 Å². The maximum atomic E-state index is 9.48. The molecule has 1 heterocycles. The van der Waals surface area contributed by atoms with Crippen LogP contribution in [0.1, 0.15) is 22.9 Å². The molecule has 4 nitrogen and oxygen atoms in total. The number of aliphatic hydroxyl groups excluding tert-OH is 1. The van der Waals surface area contributed by atoms with Crippen molar-refractivity contribution in [2.45, 2.75) is 13.0 Å². The normalized spacial score (nSPS) is 11.6. The molecule has 1 aromatic heterocycles. The first-order valence-corrected chi connectivity index (χ1v) is 6.04. The van der Waals surface area contributed by atoms with Gasteiger partial charge in [-0.25, -0.2) is 4.98 Å². The lowest BCUT2D eigenvalue weighted by molar-refractivity contribution is 0.276. The van der Waals surface area contributed by atoms with E-state index in [1.54, 1.807) is 12.1 Å². The van der Waals surface area contributed by atoms with E-state index < -0.39 is 0 Å². The summed E-state index contributed by atoms with van der Waals surface area (Å²) in [6, 6.07) is 14.9. The predicted molar refractivity (Wildman–Crippen MR) is 73.6 cm³/mol. The van der Waals surface area contributed by atoms with Gasteiger partial charge in [0.05, 0.1) is 24.3 Å². The van der Waals surface area contributed by atoms with Crippen LogP contribution in [-0.2, 0) is 0 Å². The van der Waals surface area contributed by atoms with Gasteiger partial charge in [0, 0.05) is 5.69 Å². The second kappa shape index (κ2) is 5.98. The largest absolute Gasteiger partial charge is 0.394 e. The summed E-state index contributed by atoms with van der Waals surface area (Å²) in [6.45, 7) is 1.80. The Bertz CT molecular complexity index is 590. The fourth-order valence-corrected chi connectivity index (χ4v) is 1.91. The SMILES string of the molecule is Cc1cc(C#N)cc(NC(CO)c2ccccc2)n1. The Hall–Kier alpha value is -2.38. The Kier molecular flexibility index (Phi) is 4.11. The quantitative estimate of drug-likeness (QED) is 0.878. The molecule has 0 saturated heterocycles. The molecule has 96 valence electrons. The van der Waals surface area contributed by atoms with E-state index in [1.165, 1.54) is 0 Å². The number of nitrogens with one attached hydrogen (secondary N) is 1. The highest BCUT2D eigenvalue weighted by Crippen LogP contribution is 2.19. The number of hydrogen-bond acceptors (Lipinski definition) is 4. The van der Waals surface area contributed by atoms with Gasteiger partial charge in [-0.1, -0.05) is 30.3 Å². The van der Waals surface area contributed by atoms with Crippen molar-refractivity contribution < 1.29 is 5.11 Å². The van der Waals surface area contributed by atoms with Crippen LogP contribution >= 0.6 is 0 Å². The molecule has 1 atom stereocenters. The van der Waals surface area contributed by atoms with Crippen LogP contribution in [0, 0.1) is 18.3 Å². The van der Waals surface area contributed by atoms with Crippen LogP contribution in [0.2, 0.25) is 0 Å². The van der Waals surface area contributed by atoms with E-state index in [0.717, 1.165) is 11.3 Å². The third-order valence-corrected chi connectivity index (χ3v) is 2.79. The third kappa shape index (κ3) is 3.30. The summed E-state index contributed by atoms with van der Waals surface area (Å²) in [5.74, 6) is 0.597. The fourth-order valence-electron chi connectivity index (χ4n) is 1.91. The van der Waals surface area contributed by atoms with E-state index in [-0.39, 0.29) is 12.6 Å². The van der Waals surface area contributed by atoms with Gasteiger partial charge in [-0.05, 0) is 24.6 Å². The number of nitriles is 1. The third-order valence-electron chi connectivity index (χ3n) is 2.79. The minimum atomic E-state index is -0.234. The van der Waals surface area contributed by atoms with E-state index in [4.69, 9.17) is 5.26 Å². The monoisotopic (exact) mass is 253 g/mol. The summed E-state index contributed by atoms with van der Waals surface area (Å²) in [6.07, 6.45) is 0. The van der Waals surface area contributed by atoms with Gasteiger partial charge in [0.15, 0.2) is 0 Å². The average molecular weight is 253 g/mol. The molecule has 4 heteroatoms. The Labute approximate surface area is 112 Å². The van der Waals surface area contributed by atoms with Gasteiger partial charge < -0.3 is 10.4 Å². The molecule has 2 rings (SSSR count). The van der Waals surface area contributed by atoms with Gasteiger partial charge >= 0.3 is 0 Å². The number of anilines is 1. The number of rotatable bonds is 4. The molecule has 0 aliphatic carbocycles. The van der Waals surface area contributed by atoms with Crippen molar-refractivity contribution in [3.05, 3.63) is 59.3 Å². The Balaban J connectivity index is 2.24. The zero-order valence-corrected chi connectivity index (χ0v) is 10.7. The van der Waals surface area contributed by atoms with E-state index in [2.05, 4.69) is 16.4 Å². The first kappa shape index (κ1) is 13.1. The molecule has 0 amide bonds. The second-order valence-electron chi connectivity index (χ2n) is 4.28. The summed E-state index contributed by atoms with van der Waals surface area (Å²) >= 11 is 0. The molecule has 0 radical (unpaired) electrons. The van der Waals surface area contributed by atoms with E-state index in [9.17, 15) is 5.11 Å². The molecule has 0 fully saturated rings. The van der Waals surface area contributed by atoms with Crippen LogP contribution in [0.3, 0.4) is 0 Å². The summed E-state index contributed by atoms with van der Waals surface area (Å²) in [5.41, 5.74) is 2.30. The second-order valence-corrected chi connectivity index (χ2v) is 4.28. The smallest absolute Gasteiger partial charge is 0.128 e. The number of pyridine rings is 1. The first-order valence-electron chi connectivity index (χ1n) is 6.04. The molecule has 1 aromatic carbocycles. The highest BCUT2D eigenvalue weighted by atomic mass is 16.3. The van der Waals surface area contributed by atoms with Crippen molar-refractivity contribution in [2.75, 3.05) is 11.9 Å². The molecule has 2 aromatic rings. The molecule has 19 heavy (non-hydrogen) atoms. The Morgan fingerprint density at radius 2 is 2.05 bits per heavy atom. The van der Waals surface area contributed by atoms with Crippen LogP contribution in [0.5, 0.6) is 0 Å². The van der Waals surface area contributed by atoms with Crippen LogP contribution in [-0.4, -0.2) is 16.7 Å². The van der Waals surface area contributed by atoms with Crippen LogP contribution in [0.25, 0.3) is 0 Å². The summed E-state index contributed by atoms with van der Waals surface area (Å²) in [4.78, 5) is 4.32. The van der Waals surface area contributed by atoms with Crippen LogP contribution in [0.15, 0.2) is 42.5 Å². The van der Waals surface area contributed by atoms with E-state index in [1.807, 2.05) is 37.3 Å². The Morgan fingerprint density at radius 3 is 2.68 bits per heavy atom. The highest BCUT2D eigenvalue weighted by molar-refractivity contribution is 5.46. The lowest BCUT2D eigenvalue weighted by atomic mass is 10.1. The van der Waals surface area contributed by atoms with Crippen molar-refractivity contribution >= 4 is 5.82 Å². The van der Waals surface area contributed by atoms with Crippen LogP contribution < -0.4 is 5.32 Å². The van der Waals surface area contributed by atoms with Gasteiger partial charge in [0.1, 0.15) is 5.82 Å². The first-order chi connectivity index (χ1) is 9.22. The summed E-state index contributed by atoms with van der Waals surface area (Å²) in [7, 11) is 0. The molecule has 2 N–H and O–H groups in total. The van der Waals surface area contributed by atoms with Gasteiger partial charge in [-0.3, -0.25) is 0 Å². The molecule has 0 aliphatic heterocycles. The number of aliphatic hydroxyl groups is 1. The van der Waals surface area contributed by atoms with Crippen molar-refractivity contribution in [2.24, 2.45) is 0 Å². The maximum absolute atomic E-state index is 9.48. The topological polar surface area (TPSA) is 68.9 Å². The minimum absolute atomic E-state index is 0.0402. The summed E-state index contributed by atoms with van der Waals surface area (Å²) < 4.78 is 0. The number of hydrogen-bond donors (Lipinski definition) is 2. The zero-order valence-electron chi connectivity index (χ0n) is 10.7. The maximum Gasteiger partial charge on any atom is 0.128 e. The molecule has 0 bridgehead atoms. The number of aryl methyl sites for hydroxylation is 1. The lowest BCUT2D eigenvalue weighted by Gasteiger charge is -2.17. The highest BCUT2D eigenvalue weighted by Gasteiger charge is 2.11. The molecular formula is C15H15N3O. The van der Waals surface area contributed by atoms with Crippen LogP contribution in [0.4, 0.5) is 5.82 Å². The predicted octanol–water partition coefficient (Wildman–Crippen LogP) is 2.41. The standard InChI is InChI=1S/C15H15N3O/c1-11-7-12(9-16)8-15(17-11)18-14(10-19)13-5-3-2-4-6-13/h2-8,14,19H,10H2,1H3,(H,17,18). The number of aromatic nitrogens is 1. The van der Waals surface area contributed by atoms with E-state index in [0.29, 0.717) is 11.4 Å². The van der Waals surface area contributed by atoms with Crippen molar-refractivity contribution in [3.63, 3.8) is 0 Å². The van der Waals surface area contributed by atoms with Crippen molar-refractivity contribution in [1.82, 2.24) is 4.98 Å². The molecule has 0 saturated carbocycles. The molecular weight excluding hydrogens is 238 g/mol. The molecule has 0 aliphatic rings. The molecule has 1 unspecified atom stereocenters. The Morgan fingerprint density at radius 1 is 1.32 bits per heavy atom. The number of nitrogens with zero attached hydrogens (tertiary/aromatic N) is 2. The van der Waals surface area contributed by atoms with Gasteiger partial charge in [0.25, 0.3) is 0 Å². The van der Waals surface area contributed by atoms with Gasteiger partial charge in [-0.15, -0.1) is 0 Å². The fraction of sp³-hybridized carbons (Fsp3) is 0.200.